The van der Waals surface area contributed by atoms with Gasteiger partial charge in [0.05, 0.1) is 17.2 Å². The average Bonchev–Trinajstić information content (AvgIpc) is 2.57. The van der Waals surface area contributed by atoms with Gasteiger partial charge in [-0.05, 0) is 24.3 Å². The van der Waals surface area contributed by atoms with Crippen molar-refractivity contribution in [2.45, 2.75) is 18.6 Å². The lowest BCUT2D eigenvalue weighted by Crippen LogP contribution is -2.36. The standard InChI is InChI=1S/C17H10F8N2/c18-14-4-2-1-3-12(14)15(19)27(9-16(20,21)22)11-6-5-10(8-26)13(7-11)17(23,24)25/h1-7,15H,9H2. The first kappa shape index (κ1) is 20.5. The zero-order chi connectivity index (χ0) is 20.4. The van der Waals surface area contributed by atoms with Crippen molar-refractivity contribution >= 4 is 5.69 Å². The first-order valence-corrected chi connectivity index (χ1v) is 7.27. The lowest BCUT2D eigenvalue weighted by Gasteiger charge is -2.30. The normalized spacial score (nSPS) is 13.1. The predicted octanol–water partition coefficient (Wildman–Crippen LogP) is 5.75. The number of rotatable bonds is 4. The van der Waals surface area contributed by atoms with Gasteiger partial charge in [0, 0.05) is 11.3 Å². The van der Waals surface area contributed by atoms with Crippen LogP contribution in [-0.2, 0) is 6.18 Å². The second-order valence-electron chi connectivity index (χ2n) is 5.44. The summed E-state index contributed by atoms with van der Waals surface area (Å²) in [6, 6.07) is 6.94. The van der Waals surface area contributed by atoms with Crippen LogP contribution in [0.25, 0.3) is 0 Å². The van der Waals surface area contributed by atoms with Gasteiger partial charge in [0.1, 0.15) is 12.4 Å². The second-order valence-corrected chi connectivity index (χ2v) is 5.44. The van der Waals surface area contributed by atoms with E-state index in [0.717, 1.165) is 18.2 Å². The maximum Gasteiger partial charge on any atom is 0.417 e. The molecule has 0 radical (unpaired) electrons. The molecule has 2 rings (SSSR count). The number of hydrogen-bond acceptors (Lipinski definition) is 2. The van der Waals surface area contributed by atoms with E-state index in [9.17, 15) is 35.1 Å². The van der Waals surface area contributed by atoms with Crippen molar-refractivity contribution < 1.29 is 35.1 Å². The third-order valence-corrected chi connectivity index (χ3v) is 3.55. The van der Waals surface area contributed by atoms with E-state index in [1.165, 1.54) is 18.2 Å². The number of nitrogens with zero attached hydrogens (tertiary/aromatic N) is 2. The van der Waals surface area contributed by atoms with E-state index in [4.69, 9.17) is 5.26 Å². The first-order valence-electron chi connectivity index (χ1n) is 7.27. The summed E-state index contributed by atoms with van der Waals surface area (Å²) in [6.07, 6.45) is -12.7. The Kier molecular flexibility index (Phi) is 5.63. The average molecular weight is 394 g/mol. The highest BCUT2D eigenvalue weighted by Crippen LogP contribution is 2.38. The molecule has 27 heavy (non-hydrogen) atoms. The lowest BCUT2D eigenvalue weighted by atomic mass is 10.1. The molecular weight excluding hydrogens is 384 g/mol. The zero-order valence-electron chi connectivity index (χ0n) is 13.2. The highest BCUT2D eigenvalue weighted by atomic mass is 19.4. The molecule has 1 atom stereocenters. The zero-order valence-corrected chi connectivity index (χ0v) is 13.2. The highest BCUT2D eigenvalue weighted by molar-refractivity contribution is 5.56. The van der Waals surface area contributed by atoms with E-state index < -0.39 is 53.4 Å². The van der Waals surface area contributed by atoms with Crippen LogP contribution in [0.4, 0.5) is 40.8 Å². The Morgan fingerprint density at radius 3 is 2.15 bits per heavy atom. The number of hydrogen-bond donors (Lipinski definition) is 0. The molecule has 0 heterocycles. The van der Waals surface area contributed by atoms with Gasteiger partial charge in [0.2, 0.25) is 6.30 Å². The Morgan fingerprint density at radius 1 is 1.00 bits per heavy atom. The van der Waals surface area contributed by atoms with Gasteiger partial charge in [-0.3, -0.25) is 0 Å². The minimum Gasteiger partial charge on any atom is -0.329 e. The summed E-state index contributed by atoms with van der Waals surface area (Å²) >= 11 is 0. The summed E-state index contributed by atoms with van der Waals surface area (Å²) in [5, 5.41) is 8.75. The van der Waals surface area contributed by atoms with Crippen LogP contribution >= 0.6 is 0 Å². The quantitative estimate of drug-likeness (QED) is 0.488. The molecule has 0 bridgehead atoms. The van der Waals surface area contributed by atoms with Gasteiger partial charge in [0.15, 0.2) is 0 Å². The molecule has 1 unspecified atom stereocenters. The van der Waals surface area contributed by atoms with E-state index in [-0.39, 0.29) is 11.0 Å². The van der Waals surface area contributed by atoms with Crippen LogP contribution in [0.2, 0.25) is 0 Å². The molecular formula is C17H10F8N2. The van der Waals surface area contributed by atoms with Crippen LogP contribution in [-0.4, -0.2) is 12.7 Å². The fourth-order valence-electron chi connectivity index (χ4n) is 2.37. The Balaban J connectivity index is 2.59. The van der Waals surface area contributed by atoms with E-state index in [1.54, 1.807) is 0 Å². The Hall–Kier alpha value is -2.83. The molecule has 144 valence electrons. The highest BCUT2D eigenvalue weighted by Gasteiger charge is 2.38. The van der Waals surface area contributed by atoms with Gasteiger partial charge in [-0.1, -0.05) is 18.2 Å². The summed E-state index contributed by atoms with van der Waals surface area (Å²) in [7, 11) is 0. The molecule has 0 aliphatic rings. The van der Waals surface area contributed by atoms with E-state index in [1.807, 2.05) is 0 Å². The van der Waals surface area contributed by atoms with E-state index in [2.05, 4.69) is 0 Å². The van der Waals surface area contributed by atoms with Crippen LogP contribution in [0.5, 0.6) is 0 Å². The van der Waals surface area contributed by atoms with E-state index in [0.29, 0.717) is 6.07 Å². The van der Waals surface area contributed by atoms with Crippen molar-refractivity contribution in [2.75, 3.05) is 11.4 Å². The summed E-state index contributed by atoms with van der Waals surface area (Å²) in [4.78, 5) is -0.0468. The van der Waals surface area contributed by atoms with Gasteiger partial charge in [-0.2, -0.15) is 31.6 Å². The summed E-state index contributed by atoms with van der Waals surface area (Å²) in [5.74, 6) is -1.15. The molecule has 2 aromatic carbocycles. The van der Waals surface area contributed by atoms with Crippen molar-refractivity contribution in [2.24, 2.45) is 0 Å². The molecule has 0 spiro atoms. The molecule has 2 nitrogen and oxygen atoms in total. The number of benzene rings is 2. The molecule has 0 aliphatic carbocycles. The summed E-state index contributed by atoms with van der Waals surface area (Å²) in [5.41, 5.74) is -3.91. The van der Waals surface area contributed by atoms with E-state index >= 15 is 0 Å². The molecule has 0 aromatic heterocycles. The van der Waals surface area contributed by atoms with Crippen molar-refractivity contribution in [1.82, 2.24) is 0 Å². The summed E-state index contributed by atoms with van der Waals surface area (Å²) < 4.78 is 106. The van der Waals surface area contributed by atoms with Crippen LogP contribution in [0.1, 0.15) is 23.0 Å². The van der Waals surface area contributed by atoms with Gasteiger partial charge in [0.25, 0.3) is 0 Å². The lowest BCUT2D eigenvalue weighted by molar-refractivity contribution is -0.137. The van der Waals surface area contributed by atoms with Crippen LogP contribution in [0.3, 0.4) is 0 Å². The van der Waals surface area contributed by atoms with Gasteiger partial charge < -0.3 is 4.90 Å². The molecule has 2 aromatic rings. The van der Waals surface area contributed by atoms with Gasteiger partial charge >= 0.3 is 12.4 Å². The minimum atomic E-state index is -5.05. The largest absolute Gasteiger partial charge is 0.417 e. The SMILES string of the molecule is N#Cc1ccc(N(CC(F)(F)F)C(F)c2ccccc2F)cc1C(F)(F)F. The Morgan fingerprint density at radius 2 is 1.63 bits per heavy atom. The van der Waals surface area contributed by atoms with Crippen LogP contribution in [0.15, 0.2) is 42.5 Å². The van der Waals surface area contributed by atoms with Crippen molar-refractivity contribution in [3.05, 3.63) is 65.0 Å². The maximum atomic E-state index is 14.7. The molecule has 0 aliphatic heterocycles. The number of anilines is 1. The number of nitriles is 1. The maximum absolute atomic E-state index is 14.7. The smallest absolute Gasteiger partial charge is 0.329 e. The second kappa shape index (κ2) is 7.42. The fourth-order valence-corrected chi connectivity index (χ4v) is 2.37. The molecule has 10 heteroatoms. The third-order valence-electron chi connectivity index (χ3n) is 3.55. The van der Waals surface area contributed by atoms with Crippen molar-refractivity contribution in [3.8, 4) is 6.07 Å². The topological polar surface area (TPSA) is 27.0 Å². The number of alkyl halides is 7. The summed E-state index contributed by atoms with van der Waals surface area (Å²) in [6.45, 7) is -1.97. The third kappa shape index (κ3) is 4.87. The van der Waals surface area contributed by atoms with Gasteiger partial charge in [-0.25, -0.2) is 8.78 Å². The molecule has 0 saturated carbocycles. The molecule has 0 saturated heterocycles. The predicted molar refractivity (Wildman–Crippen MR) is 79.8 cm³/mol. The van der Waals surface area contributed by atoms with Crippen molar-refractivity contribution in [3.63, 3.8) is 0 Å². The monoisotopic (exact) mass is 394 g/mol. The Labute approximate surface area is 148 Å². The van der Waals surface area contributed by atoms with Crippen molar-refractivity contribution in [1.29, 1.82) is 5.26 Å². The van der Waals surface area contributed by atoms with Crippen LogP contribution in [0, 0.1) is 17.1 Å². The first-order chi connectivity index (χ1) is 12.4. The van der Waals surface area contributed by atoms with Gasteiger partial charge in [-0.15, -0.1) is 0 Å². The Bertz CT molecular complexity index is 851. The molecule has 0 fully saturated rings. The molecule has 0 N–H and O–H groups in total. The molecule has 0 amide bonds. The fraction of sp³-hybridized carbons (Fsp3) is 0.235. The minimum absolute atomic E-state index is 0.0468. The van der Waals surface area contributed by atoms with Crippen LogP contribution < -0.4 is 4.90 Å². The number of halogens is 8.